The molecule has 8 atom stereocenters. The van der Waals surface area contributed by atoms with Gasteiger partial charge in [0.15, 0.2) is 0 Å². The second-order valence-electron chi connectivity index (χ2n) is 20.3. The molecule has 1 unspecified atom stereocenters. The Morgan fingerprint density at radius 2 is 1.65 bits per heavy atom. The monoisotopic (exact) mass is 971 g/mol. The van der Waals surface area contributed by atoms with Crippen molar-refractivity contribution in [1.29, 1.82) is 0 Å². The lowest BCUT2D eigenvalue weighted by Gasteiger charge is -2.45. The van der Waals surface area contributed by atoms with Crippen LogP contribution in [0, 0.1) is 5.92 Å². The van der Waals surface area contributed by atoms with Crippen LogP contribution in [0.3, 0.4) is 0 Å². The number of nitrogens with one attached hydrogen (secondary N) is 2. The zero-order valence-electron chi connectivity index (χ0n) is 39.4. The number of hydrogen-bond donors (Lipinski definition) is 2. The number of amides is 3. The second-order valence-corrected chi connectivity index (χ2v) is 23.5. The van der Waals surface area contributed by atoms with Gasteiger partial charge < -0.3 is 29.3 Å². The van der Waals surface area contributed by atoms with Gasteiger partial charge >= 0.3 is 13.5 Å². The lowest BCUT2D eigenvalue weighted by Crippen LogP contribution is -2.59. The highest BCUT2D eigenvalue weighted by molar-refractivity contribution is 7.57. The highest BCUT2D eigenvalue weighted by Gasteiger charge is 2.59. The Balaban J connectivity index is 0.943. The van der Waals surface area contributed by atoms with Gasteiger partial charge in [0.2, 0.25) is 17.7 Å². The minimum Gasteiger partial charge on any atom is -0.465 e. The number of esters is 1. The van der Waals surface area contributed by atoms with E-state index in [9.17, 15) is 28.1 Å². The van der Waals surface area contributed by atoms with E-state index in [0.717, 1.165) is 19.3 Å². The number of halogens is 2. The number of rotatable bonds is 16. The fraction of sp³-hybridized carbons (Fsp3) is 0.538. The number of para-hydroxylation sites is 1. The molecular formula is C52H64F2N5O7PS. The predicted molar refractivity (Wildman–Crippen MR) is 259 cm³/mol. The zero-order valence-corrected chi connectivity index (χ0v) is 41.1. The summed E-state index contributed by atoms with van der Waals surface area (Å²) in [6.07, 6.45) is 6.39. The lowest BCUT2D eigenvalue weighted by molar-refractivity contribution is -0.148. The average molecular weight is 972 g/mol. The van der Waals surface area contributed by atoms with Crippen molar-refractivity contribution in [2.24, 2.45) is 5.92 Å². The lowest BCUT2D eigenvalue weighted by atomic mass is 9.86. The molecule has 4 heterocycles. The first kappa shape index (κ1) is 48.3. The number of fused-ring (bicyclic) bond motifs is 2. The fourth-order valence-electron chi connectivity index (χ4n) is 10.9. The predicted octanol–water partition coefficient (Wildman–Crippen LogP) is 9.70. The molecule has 2 aliphatic carbocycles. The van der Waals surface area contributed by atoms with E-state index < -0.39 is 49.6 Å². The maximum Gasteiger partial charge on any atom is 0.355 e. The van der Waals surface area contributed by atoms with Crippen LogP contribution in [0.25, 0.3) is 10.1 Å². The normalized spacial score (nSPS) is 27.2. The molecule has 68 heavy (non-hydrogen) atoms. The first-order valence-electron chi connectivity index (χ1n) is 24.4. The van der Waals surface area contributed by atoms with Crippen LogP contribution in [0.4, 0.5) is 8.78 Å². The van der Waals surface area contributed by atoms with E-state index in [2.05, 4.69) is 32.3 Å². The Kier molecular flexibility index (Phi) is 14.2. The minimum absolute atomic E-state index is 0.0111. The first-order valence-corrected chi connectivity index (χ1v) is 26.9. The third kappa shape index (κ3) is 10.1. The summed E-state index contributed by atoms with van der Waals surface area (Å²) in [5.74, 6) is -2.97. The SMILES string of the molecule is CC(C)CCOC(=O)[C@H](C)NP(=O)(Oc1ccccc1)[C@@H](F)c1ccc2sc(C(=O)N[C@H]3CC[C@H](N(C)C4CC(F)C4)C[C@H]4CC[C@@H](C(=O)N5C[C@H](c6ccccc6)CC56CC6)N4C3=O)cc2c1. The molecule has 12 nitrogen and oxygen atoms in total. The van der Waals surface area contributed by atoms with Crippen LogP contribution >= 0.6 is 18.9 Å². The molecule has 2 saturated carbocycles. The van der Waals surface area contributed by atoms with E-state index in [0.29, 0.717) is 78.8 Å². The number of likely N-dealkylation sites (tertiary alicyclic amines) is 1. The van der Waals surface area contributed by atoms with Crippen molar-refractivity contribution >= 4 is 52.6 Å². The van der Waals surface area contributed by atoms with E-state index in [1.54, 1.807) is 47.4 Å². The smallest absolute Gasteiger partial charge is 0.355 e. The standard InChI is InChI=1S/C52H64F2N5O7PS/c1-32(2)21-24-65-51(63)33(3)56-67(64,66-42-13-9-6-10-14-42)47(54)35-15-20-45-36(25-35)26-46(68-45)48(60)55-43-18-16-39(57(4)41-27-38(53)28-41)29-40-17-19-44(59(40)49(43)61)50(62)58-31-37(30-52(58)22-23-52)34-11-7-5-8-12-34/h5-15,20,25-26,32-33,37-41,43-44,47H,16-19,21-24,27-31H2,1-4H3,(H,55,60)(H,56,64)/t33-,37+,38?,39-,40+,41?,43-,44-,47+,67?/m0/s1. The number of alkyl halides is 2. The van der Waals surface area contributed by atoms with Crippen LogP contribution in [0.15, 0.2) is 84.9 Å². The van der Waals surface area contributed by atoms with Gasteiger partial charge in [-0.25, -0.2) is 13.9 Å². The summed E-state index contributed by atoms with van der Waals surface area (Å²) in [6, 6.07) is 22.0. The van der Waals surface area contributed by atoms with E-state index in [1.165, 1.54) is 36.0 Å². The number of thiophene rings is 1. The molecule has 5 fully saturated rings. The van der Waals surface area contributed by atoms with E-state index >= 15 is 4.39 Å². The van der Waals surface area contributed by atoms with Crippen molar-refractivity contribution in [1.82, 2.24) is 25.1 Å². The summed E-state index contributed by atoms with van der Waals surface area (Å²) in [5, 5.41) is 6.21. The third-order valence-corrected chi connectivity index (χ3v) is 18.4. The van der Waals surface area contributed by atoms with E-state index in [-0.39, 0.29) is 59.3 Å². The van der Waals surface area contributed by atoms with E-state index in [1.807, 2.05) is 39.1 Å². The highest BCUT2D eigenvalue weighted by atomic mass is 32.1. The number of ether oxygens (including phenoxy) is 1. The van der Waals surface area contributed by atoms with E-state index in [4.69, 9.17) is 9.26 Å². The number of hydrogen-bond acceptors (Lipinski definition) is 9. The molecule has 3 aromatic carbocycles. The molecule has 3 amide bonds. The molecule has 0 radical (unpaired) electrons. The maximum absolute atomic E-state index is 16.8. The topological polar surface area (TPSA) is 138 Å². The molecule has 3 aliphatic heterocycles. The van der Waals surface area contributed by atoms with Crippen LogP contribution in [-0.4, -0.2) is 107 Å². The number of nitrogens with zero attached hydrogens (tertiary/aromatic N) is 3. The van der Waals surface area contributed by atoms with Gasteiger partial charge in [-0.05, 0) is 137 Å². The summed E-state index contributed by atoms with van der Waals surface area (Å²) in [6.45, 7) is 6.23. The second kappa shape index (κ2) is 20.0. The first-order chi connectivity index (χ1) is 32.6. The van der Waals surface area contributed by atoms with Crippen molar-refractivity contribution in [2.45, 2.75) is 151 Å². The molecule has 16 heteroatoms. The van der Waals surface area contributed by atoms with Crippen LogP contribution in [0.5, 0.6) is 5.75 Å². The molecule has 5 aliphatic rings. The Labute approximate surface area is 402 Å². The third-order valence-electron chi connectivity index (χ3n) is 15.1. The molecule has 9 rings (SSSR count). The van der Waals surface area contributed by atoms with Crippen LogP contribution in [-0.2, 0) is 23.7 Å². The van der Waals surface area contributed by atoms with Crippen LogP contribution in [0.2, 0.25) is 0 Å². The molecule has 364 valence electrons. The number of carbonyl (C=O) groups is 4. The van der Waals surface area contributed by atoms with Gasteiger partial charge in [-0.15, -0.1) is 11.3 Å². The van der Waals surface area contributed by atoms with Crippen molar-refractivity contribution < 1.29 is 41.8 Å². The van der Waals surface area contributed by atoms with Crippen molar-refractivity contribution in [3.63, 3.8) is 0 Å². The van der Waals surface area contributed by atoms with Crippen molar-refractivity contribution in [2.75, 3.05) is 20.2 Å². The Hall–Kier alpha value is -4.69. The van der Waals surface area contributed by atoms with Crippen LogP contribution < -0.4 is 14.9 Å². The summed E-state index contributed by atoms with van der Waals surface area (Å²) in [7, 11) is -2.47. The molecule has 1 spiro atoms. The number of benzene rings is 3. The van der Waals surface area contributed by atoms with Gasteiger partial charge in [-0.3, -0.25) is 23.7 Å². The summed E-state index contributed by atoms with van der Waals surface area (Å²) >= 11 is 1.18. The molecule has 4 aromatic rings. The quantitative estimate of drug-likeness (QED) is 0.0831. The Morgan fingerprint density at radius 3 is 2.34 bits per heavy atom. The highest BCUT2D eigenvalue weighted by Crippen LogP contribution is 2.58. The molecular weight excluding hydrogens is 908 g/mol. The largest absolute Gasteiger partial charge is 0.465 e. The minimum atomic E-state index is -4.50. The average Bonchev–Trinajstić information content (AvgIpc) is 3.59. The van der Waals surface area contributed by atoms with Gasteiger partial charge in [0.05, 0.1) is 11.5 Å². The zero-order chi connectivity index (χ0) is 47.9. The van der Waals surface area contributed by atoms with Gasteiger partial charge in [0, 0.05) is 40.8 Å². The van der Waals surface area contributed by atoms with Crippen molar-refractivity contribution in [3.8, 4) is 5.75 Å². The van der Waals surface area contributed by atoms with Gasteiger partial charge in [-0.1, -0.05) is 68.4 Å². The van der Waals surface area contributed by atoms with Gasteiger partial charge in [0.1, 0.15) is 30.0 Å². The maximum atomic E-state index is 16.8. The molecule has 3 saturated heterocycles. The van der Waals surface area contributed by atoms with Gasteiger partial charge in [0.25, 0.3) is 5.91 Å². The summed E-state index contributed by atoms with van der Waals surface area (Å²) < 4.78 is 57.4. The molecule has 2 N–H and O–H groups in total. The van der Waals surface area contributed by atoms with Gasteiger partial charge in [-0.2, -0.15) is 0 Å². The fourth-order valence-corrected chi connectivity index (χ4v) is 13.8. The summed E-state index contributed by atoms with van der Waals surface area (Å²) in [4.78, 5) is 63.4. The van der Waals surface area contributed by atoms with Crippen molar-refractivity contribution in [3.05, 3.63) is 101 Å². The van der Waals surface area contributed by atoms with Crippen LogP contribution in [0.1, 0.15) is 124 Å². The summed E-state index contributed by atoms with van der Waals surface area (Å²) in [5.41, 5.74) is 1.05. The Bertz CT molecular complexity index is 2520. The molecule has 1 aromatic heterocycles. The number of carbonyl (C=O) groups excluding carboxylic acids is 4. The Morgan fingerprint density at radius 1 is 0.926 bits per heavy atom. The molecule has 0 bridgehead atoms.